The van der Waals surface area contributed by atoms with Crippen molar-refractivity contribution in [2.75, 3.05) is 6.54 Å². The Kier molecular flexibility index (Phi) is 6.40. The van der Waals surface area contributed by atoms with Gasteiger partial charge in [-0.3, -0.25) is 4.90 Å². The van der Waals surface area contributed by atoms with Crippen molar-refractivity contribution in [3.8, 4) is 0 Å². The molecule has 1 aliphatic rings. The van der Waals surface area contributed by atoms with Gasteiger partial charge in [-0.25, -0.2) is 4.79 Å². The molecule has 0 aliphatic carbocycles. The third kappa shape index (κ3) is 5.49. The Morgan fingerprint density at radius 2 is 1.74 bits per heavy atom. The van der Waals surface area contributed by atoms with Crippen LogP contribution in [0.15, 0.2) is 24.3 Å². The van der Waals surface area contributed by atoms with Crippen LogP contribution in [0.5, 0.6) is 0 Å². The van der Waals surface area contributed by atoms with Crippen LogP contribution in [0, 0.1) is 0 Å². The molecule has 1 aliphatic heterocycles. The van der Waals surface area contributed by atoms with Crippen molar-refractivity contribution in [1.29, 1.82) is 0 Å². The topological polar surface area (TPSA) is 38.8 Å². The summed E-state index contributed by atoms with van der Waals surface area (Å²) in [5, 5.41) is 0.788. The molecule has 1 fully saturated rings. The smallest absolute Gasteiger partial charge is 0.410 e. The molecule has 6 heteroatoms. The van der Waals surface area contributed by atoms with Crippen molar-refractivity contribution in [3.05, 3.63) is 34.9 Å². The first kappa shape index (κ1) is 22.2. The lowest BCUT2D eigenvalue weighted by molar-refractivity contribution is 0.0208. The largest absolute Gasteiger partial charge is 0.444 e. The van der Waals surface area contributed by atoms with Crippen molar-refractivity contribution < 1.29 is 14.0 Å². The summed E-state index contributed by atoms with van der Waals surface area (Å²) >= 11 is 6.45. The maximum absolute atomic E-state index is 12.9. The average molecular weight is 412 g/mol. The van der Waals surface area contributed by atoms with Gasteiger partial charge in [0.15, 0.2) is 8.32 Å². The van der Waals surface area contributed by atoms with Gasteiger partial charge in [-0.05, 0) is 57.0 Å². The molecule has 2 atom stereocenters. The second-order valence-corrected chi connectivity index (χ2v) is 15.1. The summed E-state index contributed by atoms with van der Waals surface area (Å²) in [6.45, 7) is 17.3. The van der Waals surface area contributed by atoms with Gasteiger partial charge in [0.2, 0.25) is 0 Å². The monoisotopic (exact) mass is 411 g/mol. The number of hydrogen-bond donors (Lipinski definition) is 0. The number of rotatable bonds is 3. The number of carbonyl (C=O) groups is 1. The summed E-state index contributed by atoms with van der Waals surface area (Å²) in [5.41, 5.74) is 0.409. The molecule has 152 valence electrons. The molecule has 0 N–H and O–H groups in total. The summed E-state index contributed by atoms with van der Waals surface area (Å²) in [6.07, 6.45) is 0.406. The van der Waals surface area contributed by atoms with Gasteiger partial charge < -0.3 is 9.16 Å². The van der Waals surface area contributed by atoms with E-state index in [4.69, 9.17) is 20.8 Å². The Bertz CT molecular complexity index is 679. The Labute approximate surface area is 170 Å². The predicted octanol–water partition coefficient (Wildman–Crippen LogP) is 6.41. The molecule has 0 saturated carbocycles. The third-order valence-corrected chi connectivity index (χ3v) is 10.3. The Balaban J connectivity index is 2.29. The van der Waals surface area contributed by atoms with Crippen LogP contribution in [0.4, 0.5) is 4.79 Å². The molecule has 1 amide bonds. The highest BCUT2D eigenvalue weighted by Gasteiger charge is 2.45. The molecule has 1 unspecified atom stereocenters. The van der Waals surface area contributed by atoms with Crippen LogP contribution in [0.2, 0.25) is 23.2 Å². The van der Waals surface area contributed by atoms with Gasteiger partial charge in [-0.15, -0.1) is 0 Å². The molecule has 2 rings (SSSR count). The van der Waals surface area contributed by atoms with Crippen LogP contribution in [0.1, 0.15) is 59.6 Å². The lowest BCUT2D eigenvalue weighted by Crippen LogP contribution is -2.45. The van der Waals surface area contributed by atoms with Crippen LogP contribution in [0.3, 0.4) is 0 Å². The van der Waals surface area contributed by atoms with Crippen molar-refractivity contribution in [3.63, 3.8) is 0 Å². The van der Waals surface area contributed by atoms with Gasteiger partial charge in [0.05, 0.1) is 12.1 Å². The highest BCUT2D eigenvalue weighted by molar-refractivity contribution is 6.74. The summed E-state index contributed by atoms with van der Waals surface area (Å²) in [5.74, 6) is 0. The van der Waals surface area contributed by atoms with E-state index in [1.54, 1.807) is 4.90 Å². The molecule has 1 aromatic carbocycles. The summed E-state index contributed by atoms with van der Waals surface area (Å²) in [7, 11) is -1.94. The van der Waals surface area contributed by atoms with E-state index in [1.807, 2.05) is 45.0 Å². The minimum atomic E-state index is -1.94. The number of halogens is 1. The molecule has 0 bridgehead atoms. The van der Waals surface area contributed by atoms with E-state index in [0.29, 0.717) is 11.6 Å². The summed E-state index contributed by atoms with van der Waals surface area (Å²) < 4.78 is 12.3. The second-order valence-electron chi connectivity index (χ2n) is 9.91. The van der Waals surface area contributed by atoms with E-state index in [-0.39, 0.29) is 23.3 Å². The fourth-order valence-corrected chi connectivity index (χ4v) is 4.66. The maximum Gasteiger partial charge on any atom is 0.410 e. The lowest BCUT2D eigenvalue weighted by atomic mass is 10.0. The van der Waals surface area contributed by atoms with Gasteiger partial charge in [-0.2, -0.15) is 0 Å². The van der Waals surface area contributed by atoms with Crippen molar-refractivity contribution >= 4 is 26.0 Å². The predicted molar refractivity (Wildman–Crippen MR) is 114 cm³/mol. The molecule has 0 aromatic heterocycles. The number of likely N-dealkylation sites (tertiary alicyclic amines) is 1. The lowest BCUT2D eigenvalue weighted by Gasteiger charge is -2.38. The standard InChI is InChI=1S/C21H34ClNO3Si/c1-20(2,3)25-19(24)23-14-15(26-27(7,8)21(4,5)6)13-18(23)16-11-9-10-12-17(16)22/h9-12,15,18H,13-14H2,1-8H3/t15-,18?/m0/s1. The molecule has 27 heavy (non-hydrogen) atoms. The van der Waals surface area contributed by atoms with Gasteiger partial charge in [0.1, 0.15) is 5.60 Å². The van der Waals surface area contributed by atoms with Crippen molar-refractivity contribution in [2.24, 2.45) is 0 Å². The van der Waals surface area contributed by atoms with Crippen molar-refractivity contribution in [1.82, 2.24) is 4.90 Å². The zero-order valence-electron chi connectivity index (χ0n) is 17.9. The number of ether oxygens (including phenoxy) is 1. The Morgan fingerprint density at radius 3 is 2.26 bits per heavy atom. The molecule has 1 heterocycles. The van der Waals surface area contributed by atoms with E-state index in [2.05, 4.69) is 33.9 Å². The minimum Gasteiger partial charge on any atom is -0.444 e. The van der Waals surface area contributed by atoms with Crippen molar-refractivity contribution in [2.45, 2.75) is 83.8 Å². The Hall–Kier alpha value is -1.04. The molecule has 0 radical (unpaired) electrons. The van der Waals surface area contributed by atoms with E-state index in [9.17, 15) is 4.79 Å². The fraction of sp³-hybridized carbons (Fsp3) is 0.667. The van der Waals surface area contributed by atoms with Gasteiger partial charge >= 0.3 is 6.09 Å². The highest BCUT2D eigenvalue weighted by atomic mass is 35.5. The van der Waals surface area contributed by atoms with E-state index in [0.717, 1.165) is 12.0 Å². The number of hydrogen-bond acceptors (Lipinski definition) is 3. The number of carbonyl (C=O) groups excluding carboxylic acids is 1. The molecule has 4 nitrogen and oxygen atoms in total. The Morgan fingerprint density at radius 1 is 1.15 bits per heavy atom. The first-order chi connectivity index (χ1) is 12.2. The first-order valence-electron chi connectivity index (χ1n) is 9.63. The van der Waals surface area contributed by atoms with Crippen LogP contribution in [-0.4, -0.2) is 37.6 Å². The van der Waals surface area contributed by atoms with Crippen LogP contribution >= 0.6 is 11.6 Å². The second kappa shape index (κ2) is 7.76. The fourth-order valence-electron chi connectivity index (χ4n) is 3.04. The normalized spacial score (nSPS) is 21.4. The maximum atomic E-state index is 12.9. The van der Waals surface area contributed by atoms with E-state index < -0.39 is 13.9 Å². The van der Waals surface area contributed by atoms with Crippen LogP contribution in [0.25, 0.3) is 0 Å². The van der Waals surface area contributed by atoms with Gasteiger partial charge in [0.25, 0.3) is 0 Å². The summed E-state index contributed by atoms with van der Waals surface area (Å²) in [4.78, 5) is 14.7. The quantitative estimate of drug-likeness (QED) is 0.539. The zero-order chi connectivity index (χ0) is 20.6. The zero-order valence-corrected chi connectivity index (χ0v) is 19.7. The third-order valence-electron chi connectivity index (χ3n) is 5.42. The van der Waals surface area contributed by atoms with E-state index >= 15 is 0 Å². The molecular formula is C21H34ClNO3Si. The van der Waals surface area contributed by atoms with Crippen LogP contribution < -0.4 is 0 Å². The molecule has 1 saturated heterocycles. The van der Waals surface area contributed by atoms with Gasteiger partial charge in [0, 0.05) is 11.6 Å². The van der Waals surface area contributed by atoms with E-state index in [1.165, 1.54) is 0 Å². The minimum absolute atomic E-state index is 0.0142. The first-order valence-corrected chi connectivity index (χ1v) is 12.9. The number of benzene rings is 1. The SMILES string of the molecule is CC(C)(C)OC(=O)N1C[C@@H](O[Si](C)(C)C(C)(C)C)CC1c1ccccc1Cl. The number of amides is 1. The molecule has 0 spiro atoms. The summed E-state index contributed by atoms with van der Waals surface area (Å²) in [6, 6.07) is 7.58. The average Bonchev–Trinajstić information content (AvgIpc) is 2.88. The molecule has 1 aromatic rings. The van der Waals surface area contributed by atoms with Crippen LogP contribution in [-0.2, 0) is 9.16 Å². The van der Waals surface area contributed by atoms with Gasteiger partial charge in [-0.1, -0.05) is 50.6 Å². The number of nitrogens with zero attached hydrogens (tertiary/aromatic N) is 1. The molecular weight excluding hydrogens is 378 g/mol. The highest BCUT2D eigenvalue weighted by Crippen LogP contribution is 2.42.